The van der Waals surface area contributed by atoms with Crippen LogP contribution in [0.5, 0.6) is 0 Å². The Balaban J connectivity index is 3.55. The number of rotatable bonds is 3. The van der Waals surface area contributed by atoms with E-state index in [4.69, 9.17) is 4.11 Å². The topological polar surface area (TPSA) is 0 Å². The molecule has 0 bridgehead atoms. The van der Waals surface area contributed by atoms with Crippen LogP contribution in [0, 0.1) is 0 Å². The van der Waals surface area contributed by atoms with E-state index in [1.54, 1.807) is 6.92 Å². The fraction of sp³-hybridized carbons (Fsp3) is 0.571. The minimum absolute atomic E-state index is 0.223. The van der Waals surface area contributed by atoms with E-state index in [0.29, 0.717) is 5.56 Å². The van der Waals surface area contributed by atoms with Crippen molar-refractivity contribution in [1.82, 2.24) is 0 Å². The average molecular weight is 193 g/mol. The Morgan fingerprint density at radius 3 is 2.36 bits per heavy atom. The van der Waals surface area contributed by atoms with Crippen molar-refractivity contribution in [3.8, 4) is 0 Å². The molecule has 0 atom stereocenters. The highest BCUT2D eigenvalue weighted by atomic mass is 14.2. The van der Waals surface area contributed by atoms with Gasteiger partial charge >= 0.3 is 0 Å². The van der Waals surface area contributed by atoms with Crippen LogP contribution in [0.4, 0.5) is 0 Å². The Labute approximate surface area is 92.6 Å². The molecule has 78 valence electrons. The first kappa shape index (κ1) is 7.50. The van der Waals surface area contributed by atoms with Crippen LogP contribution < -0.4 is 0 Å². The third kappa shape index (κ3) is 2.17. The van der Waals surface area contributed by atoms with Crippen molar-refractivity contribution in [1.29, 1.82) is 0 Å². The van der Waals surface area contributed by atoms with E-state index in [1.165, 1.54) is 0 Å². The molecule has 0 N–H and O–H groups in total. The number of hydrogen-bond acceptors (Lipinski definition) is 0. The number of aryl methyl sites for hydroxylation is 1. The Hall–Kier alpha value is -0.780. The zero-order chi connectivity index (χ0) is 13.4. The standard InChI is InChI=1S/C14H22/c1-6-12-8-7-9-13(10(2)3)14(12)11(4)5/h7-11H,6H2,1-5H3/i6D2,10D. The van der Waals surface area contributed by atoms with Gasteiger partial charge in [0.1, 0.15) is 0 Å². The van der Waals surface area contributed by atoms with Gasteiger partial charge in [-0.2, -0.15) is 0 Å². The van der Waals surface area contributed by atoms with Crippen LogP contribution >= 0.6 is 0 Å². The van der Waals surface area contributed by atoms with Crippen molar-refractivity contribution in [2.24, 2.45) is 0 Å². The Morgan fingerprint density at radius 2 is 1.93 bits per heavy atom. The van der Waals surface area contributed by atoms with Crippen LogP contribution in [-0.4, -0.2) is 0 Å². The van der Waals surface area contributed by atoms with Gasteiger partial charge in [-0.25, -0.2) is 0 Å². The summed E-state index contributed by atoms with van der Waals surface area (Å²) < 4.78 is 24.0. The second-order valence-corrected chi connectivity index (χ2v) is 4.17. The molecule has 0 aliphatic heterocycles. The van der Waals surface area contributed by atoms with Crippen LogP contribution in [0.3, 0.4) is 0 Å². The second kappa shape index (κ2) is 4.63. The Morgan fingerprint density at radius 1 is 1.29 bits per heavy atom. The van der Waals surface area contributed by atoms with E-state index in [2.05, 4.69) is 13.8 Å². The SMILES string of the molecule is [2H]C([2H])(C)c1cccc(C([2H])(C)C)c1C(C)C. The highest BCUT2D eigenvalue weighted by Crippen LogP contribution is 2.29. The van der Waals surface area contributed by atoms with E-state index in [9.17, 15) is 0 Å². The van der Waals surface area contributed by atoms with Crippen LogP contribution in [0.1, 0.15) is 67.2 Å². The fourth-order valence-electron chi connectivity index (χ4n) is 1.84. The lowest BCUT2D eigenvalue weighted by Crippen LogP contribution is -2.02. The van der Waals surface area contributed by atoms with Gasteiger partial charge in [-0.3, -0.25) is 0 Å². The van der Waals surface area contributed by atoms with Crippen molar-refractivity contribution in [2.45, 2.75) is 52.8 Å². The summed E-state index contributed by atoms with van der Waals surface area (Å²) in [4.78, 5) is 0. The number of benzene rings is 1. The van der Waals surface area contributed by atoms with Crippen molar-refractivity contribution >= 4 is 0 Å². The van der Waals surface area contributed by atoms with Crippen molar-refractivity contribution < 1.29 is 4.11 Å². The fourth-order valence-corrected chi connectivity index (χ4v) is 1.84. The van der Waals surface area contributed by atoms with Gasteiger partial charge in [0.25, 0.3) is 0 Å². The highest BCUT2D eigenvalue weighted by molar-refractivity contribution is 5.39. The highest BCUT2D eigenvalue weighted by Gasteiger charge is 2.12. The molecule has 0 amide bonds. The summed E-state index contributed by atoms with van der Waals surface area (Å²) >= 11 is 0. The molecular weight excluding hydrogens is 168 g/mol. The molecule has 1 aromatic rings. The summed E-state index contributed by atoms with van der Waals surface area (Å²) in [6.07, 6.45) is -1.36. The van der Waals surface area contributed by atoms with E-state index in [-0.39, 0.29) is 5.92 Å². The molecule has 14 heavy (non-hydrogen) atoms. The summed E-state index contributed by atoms with van der Waals surface area (Å²) in [5.74, 6) is -0.471. The molecule has 0 nitrogen and oxygen atoms in total. The quantitative estimate of drug-likeness (QED) is 0.663. The predicted octanol–water partition coefficient (Wildman–Crippen LogP) is 4.50. The van der Waals surface area contributed by atoms with Gasteiger partial charge in [-0.15, -0.1) is 0 Å². The second-order valence-electron chi connectivity index (χ2n) is 4.17. The minimum Gasteiger partial charge on any atom is -0.0617 e. The molecule has 1 rings (SSSR count). The zero-order valence-corrected chi connectivity index (χ0v) is 9.81. The third-order valence-corrected chi connectivity index (χ3v) is 2.49. The molecule has 0 fully saturated rings. The normalized spacial score (nSPS) is 16.3. The average Bonchev–Trinajstić information content (AvgIpc) is 2.13. The molecule has 0 unspecified atom stereocenters. The minimum atomic E-state index is -1.36. The van der Waals surface area contributed by atoms with Crippen LogP contribution in [-0.2, 0) is 6.37 Å². The molecule has 0 aromatic heterocycles. The lowest BCUT2D eigenvalue weighted by molar-refractivity contribution is 0.776. The summed E-state index contributed by atoms with van der Waals surface area (Å²) in [6, 6.07) is 5.64. The first-order valence-electron chi connectivity index (χ1n) is 6.69. The zero-order valence-electron chi connectivity index (χ0n) is 12.8. The smallest absolute Gasteiger partial charge is 0.0347 e. The lowest BCUT2D eigenvalue weighted by Gasteiger charge is -2.19. The summed E-state index contributed by atoms with van der Waals surface area (Å²) in [7, 11) is 0. The number of hydrogen-bond donors (Lipinski definition) is 0. The lowest BCUT2D eigenvalue weighted by atomic mass is 9.86. The molecule has 0 saturated carbocycles. The maximum absolute atomic E-state index is 8.19. The maximum atomic E-state index is 8.19. The molecule has 0 heteroatoms. The summed E-state index contributed by atoms with van der Waals surface area (Å²) in [5.41, 5.74) is 2.63. The van der Waals surface area contributed by atoms with Gasteiger partial charge in [0.2, 0.25) is 0 Å². The first-order valence-corrected chi connectivity index (χ1v) is 5.19. The van der Waals surface area contributed by atoms with E-state index in [0.717, 1.165) is 11.1 Å². The van der Waals surface area contributed by atoms with E-state index < -0.39 is 12.3 Å². The first-order chi connectivity index (χ1) is 7.55. The Kier molecular flexibility index (Phi) is 2.48. The van der Waals surface area contributed by atoms with Gasteiger partial charge in [-0.1, -0.05) is 52.8 Å². The molecule has 1 aromatic carbocycles. The monoisotopic (exact) mass is 193 g/mol. The van der Waals surface area contributed by atoms with Crippen LogP contribution in [0.25, 0.3) is 0 Å². The predicted molar refractivity (Wildman–Crippen MR) is 64.0 cm³/mol. The van der Waals surface area contributed by atoms with E-state index in [1.807, 2.05) is 32.0 Å². The van der Waals surface area contributed by atoms with Gasteiger partial charge < -0.3 is 0 Å². The molecule has 0 aliphatic carbocycles. The summed E-state index contributed by atoms with van der Waals surface area (Å²) in [5, 5.41) is 0. The van der Waals surface area contributed by atoms with Gasteiger partial charge in [0.15, 0.2) is 0 Å². The molecular formula is C14H22. The Bertz CT molecular complexity index is 363. The van der Waals surface area contributed by atoms with Crippen molar-refractivity contribution in [2.75, 3.05) is 0 Å². The largest absolute Gasteiger partial charge is 0.0617 e. The molecule has 0 spiro atoms. The molecule has 0 aliphatic rings. The van der Waals surface area contributed by atoms with Crippen LogP contribution in [0.2, 0.25) is 0 Å². The van der Waals surface area contributed by atoms with Crippen molar-refractivity contribution in [3.05, 3.63) is 34.9 Å². The van der Waals surface area contributed by atoms with Gasteiger partial charge in [-0.05, 0) is 34.9 Å². The third-order valence-electron chi connectivity index (χ3n) is 2.49. The van der Waals surface area contributed by atoms with E-state index >= 15 is 0 Å². The van der Waals surface area contributed by atoms with Crippen LogP contribution in [0.15, 0.2) is 18.2 Å². The molecule has 0 radical (unpaired) electrons. The summed E-state index contributed by atoms with van der Waals surface area (Å²) in [6.45, 7) is 9.39. The molecule has 0 saturated heterocycles. The maximum Gasteiger partial charge on any atom is 0.0347 e. The van der Waals surface area contributed by atoms with Gasteiger partial charge in [0.05, 0.1) is 0 Å². The van der Waals surface area contributed by atoms with Gasteiger partial charge in [0, 0.05) is 4.11 Å². The van der Waals surface area contributed by atoms with Crippen molar-refractivity contribution in [3.63, 3.8) is 0 Å². The molecule has 0 heterocycles.